The van der Waals surface area contributed by atoms with Crippen LogP contribution in [0.4, 0.5) is 11.4 Å². The van der Waals surface area contributed by atoms with Crippen molar-refractivity contribution in [1.29, 1.82) is 0 Å². The van der Waals surface area contributed by atoms with Crippen LogP contribution in [0.2, 0.25) is 0 Å². The first-order chi connectivity index (χ1) is 9.86. The van der Waals surface area contributed by atoms with Gasteiger partial charge in [0.05, 0.1) is 28.6 Å². The Morgan fingerprint density at radius 3 is 3.05 bits per heavy atom. The van der Waals surface area contributed by atoms with Crippen LogP contribution in [0.5, 0.6) is 0 Å². The Balaban J connectivity index is 0.00000161. The monoisotopic (exact) mass is 323 g/mol. The van der Waals surface area contributed by atoms with E-state index in [1.165, 1.54) is 34.9 Å². The molecule has 21 heavy (non-hydrogen) atoms. The minimum absolute atomic E-state index is 0. The number of para-hydroxylation sites is 2. The number of hydrogen-bond donors (Lipinski definition) is 1. The number of hydrogen-bond acceptors (Lipinski definition) is 4. The Labute approximate surface area is 136 Å². The molecule has 0 amide bonds. The first-order valence-electron chi connectivity index (χ1n) is 7.38. The Bertz CT molecular complexity index is 570. The predicted octanol–water partition coefficient (Wildman–Crippen LogP) is 4.34. The molecule has 0 spiro atoms. The third-order valence-electron chi connectivity index (χ3n) is 3.58. The first-order valence-corrected chi connectivity index (χ1v) is 8.26. The lowest BCUT2D eigenvalue weighted by Crippen LogP contribution is -2.23. The van der Waals surface area contributed by atoms with Crippen LogP contribution in [-0.4, -0.2) is 18.1 Å². The molecule has 0 aliphatic carbocycles. The van der Waals surface area contributed by atoms with Crippen molar-refractivity contribution in [2.75, 3.05) is 23.3 Å². The number of nitrogens with zero attached hydrogens (tertiary/aromatic N) is 2. The molecule has 114 valence electrons. The molecule has 0 saturated heterocycles. The summed E-state index contributed by atoms with van der Waals surface area (Å²) in [5, 5.41) is 6.99. The van der Waals surface area contributed by atoms with E-state index >= 15 is 0 Å². The highest BCUT2D eigenvalue weighted by Gasteiger charge is 2.15. The van der Waals surface area contributed by atoms with E-state index in [2.05, 4.69) is 46.8 Å². The van der Waals surface area contributed by atoms with Crippen molar-refractivity contribution in [1.82, 2.24) is 4.98 Å². The molecular formula is C16H22ClN3S. The lowest BCUT2D eigenvalue weighted by Gasteiger charge is -2.23. The van der Waals surface area contributed by atoms with Crippen LogP contribution in [0.3, 0.4) is 0 Å². The number of nitrogens with one attached hydrogen (secondary N) is 1. The van der Waals surface area contributed by atoms with E-state index in [0.29, 0.717) is 0 Å². The normalized spacial score (nSPS) is 13.9. The zero-order valence-electron chi connectivity index (χ0n) is 12.3. The van der Waals surface area contributed by atoms with Crippen LogP contribution in [-0.2, 0) is 13.0 Å². The van der Waals surface area contributed by atoms with Gasteiger partial charge in [-0.1, -0.05) is 19.1 Å². The molecule has 1 aromatic carbocycles. The van der Waals surface area contributed by atoms with Gasteiger partial charge in [-0.25, -0.2) is 4.98 Å². The molecule has 3 rings (SSSR count). The molecule has 2 heterocycles. The van der Waals surface area contributed by atoms with Crippen molar-refractivity contribution in [3.05, 3.63) is 40.3 Å². The van der Waals surface area contributed by atoms with Gasteiger partial charge < -0.3 is 10.2 Å². The number of benzene rings is 1. The minimum atomic E-state index is 0. The number of fused-ring (bicyclic) bond motifs is 1. The standard InChI is InChI=1S/C16H21N3S.ClH/c1-2-6-16-18-13(12-20-16)11-19-10-5-9-17-14-7-3-4-8-15(14)19;/h3-4,7-8,12,17H,2,5-6,9-11H2,1H3;1H. The molecule has 3 nitrogen and oxygen atoms in total. The Morgan fingerprint density at radius 2 is 2.19 bits per heavy atom. The van der Waals surface area contributed by atoms with Gasteiger partial charge in [-0.15, -0.1) is 23.7 Å². The summed E-state index contributed by atoms with van der Waals surface area (Å²) in [6, 6.07) is 8.57. The van der Waals surface area contributed by atoms with Gasteiger partial charge in [0.15, 0.2) is 0 Å². The second-order valence-electron chi connectivity index (χ2n) is 5.20. The van der Waals surface area contributed by atoms with Crippen LogP contribution < -0.4 is 10.2 Å². The number of thiazole rings is 1. The van der Waals surface area contributed by atoms with E-state index in [-0.39, 0.29) is 12.4 Å². The molecular weight excluding hydrogens is 302 g/mol. The van der Waals surface area contributed by atoms with E-state index in [1.807, 2.05) is 0 Å². The number of anilines is 2. The highest BCUT2D eigenvalue weighted by atomic mass is 35.5. The summed E-state index contributed by atoms with van der Waals surface area (Å²) in [7, 11) is 0. The molecule has 1 aliphatic rings. The smallest absolute Gasteiger partial charge is 0.0928 e. The van der Waals surface area contributed by atoms with Gasteiger partial charge in [-0.3, -0.25) is 0 Å². The minimum Gasteiger partial charge on any atom is -0.383 e. The summed E-state index contributed by atoms with van der Waals surface area (Å²) < 4.78 is 0. The molecule has 1 aromatic heterocycles. The molecule has 0 saturated carbocycles. The highest BCUT2D eigenvalue weighted by Crippen LogP contribution is 2.29. The second-order valence-corrected chi connectivity index (χ2v) is 6.14. The van der Waals surface area contributed by atoms with Gasteiger partial charge in [-0.05, 0) is 31.4 Å². The van der Waals surface area contributed by atoms with Crippen molar-refractivity contribution in [2.45, 2.75) is 32.7 Å². The van der Waals surface area contributed by atoms with Crippen molar-refractivity contribution >= 4 is 35.1 Å². The SMILES string of the molecule is CCCc1nc(CN2CCCNc3ccccc32)cs1.Cl. The fraction of sp³-hybridized carbons (Fsp3) is 0.438. The average molecular weight is 324 g/mol. The molecule has 0 bridgehead atoms. The van der Waals surface area contributed by atoms with E-state index in [9.17, 15) is 0 Å². The van der Waals surface area contributed by atoms with Gasteiger partial charge >= 0.3 is 0 Å². The van der Waals surface area contributed by atoms with Crippen molar-refractivity contribution in [3.63, 3.8) is 0 Å². The van der Waals surface area contributed by atoms with Crippen LogP contribution in [0.15, 0.2) is 29.6 Å². The maximum atomic E-state index is 4.75. The molecule has 1 aliphatic heterocycles. The van der Waals surface area contributed by atoms with Gasteiger partial charge in [0.25, 0.3) is 0 Å². The quantitative estimate of drug-likeness (QED) is 0.907. The predicted molar refractivity (Wildman–Crippen MR) is 94.0 cm³/mol. The summed E-state index contributed by atoms with van der Waals surface area (Å²) >= 11 is 1.80. The van der Waals surface area contributed by atoms with Crippen LogP contribution in [0, 0.1) is 0 Å². The van der Waals surface area contributed by atoms with E-state index in [1.54, 1.807) is 11.3 Å². The molecule has 0 fully saturated rings. The zero-order chi connectivity index (χ0) is 13.8. The van der Waals surface area contributed by atoms with Gasteiger partial charge in [0, 0.05) is 18.5 Å². The maximum absolute atomic E-state index is 4.75. The van der Waals surface area contributed by atoms with E-state index < -0.39 is 0 Å². The Kier molecular flexibility index (Phi) is 5.88. The molecule has 2 aromatic rings. The van der Waals surface area contributed by atoms with Gasteiger partial charge in [0.2, 0.25) is 0 Å². The zero-order valence-corrected chi connectivity index (χ0v) is 14.0. The van der Waals surface area contributed by atoms with Crippen LogP contribution in [0.25, 0.3) is 0 Å². The van der Waals surface area contributed by atoms with Gasteiger partial charge in [0.1, 0.15) is 0 Å². The van der Waals surface area contributed by atoms with E-state index in [0.717, 1.165) is 26.1 Å². The van der Waals surface area contributed by atoms with Crippen molar-refractivity contribution < 1.29 is 0 Å². The first kappa shape index (κ1) is 16.1. The Hall–Kier alpha value is -1.26. The van der Waals surface area contributed by atoms with Crippen LogP contribution in [0.1, 0.15) is 30.5 Å². The third kappa shape index (κ3) is 3.89. The molecule has 0 radical (unpaired) electrons. The Morgan fingerprint density at radius 1 is 1.33 bits per heavy atom. The summed E-state index contributed by atoms with van der Waals surface area (Å²) in [4.78, 5) is 7.20. The number of aromatic nitrogens is 1. The maximum Gasteiger partial charge on any atom is 0.0928 e. The highest BCUT2D eigenvalue weighted by molar-refractivity contribution is 7.09. The summed E-state index contributed by atoms with van der Waals surface area (Å²) in [5.74, 6) is 0. The number of rotatable bonds is 4. The number of aryl methyl sites for hydroxylation is 1. The summed E-state index contributed by atoms with van der Waals surface area (Å²) in [6.07, 6.45) is 3.44. The van der Waals surface area contributed by atoms with E-state index in [4.69, 9.17) is 4.98 Å². The lowest BCUT2D eigenvalue weighted by molar-refractivity contribution is 0.751. The van der Waals surface area contributed by atoms with Crippen molar-refractivity contribution in [3.8, 4) is 0 Å². The summed E-state index contributed by atoms with van der Waals surface area (Å²) in [6.45, 7) is 5.26. The fourth-order valence-electron chi connectivity index (χ4n) is 2.62. The molecule has 5 heteroatoms. The van der Waals surface area contributed by atoms with Crippen molar-refractivity contribution in [2.24, 2.45) is 0 Å². The number of halogens is 1. The van der Waals surface area contributed by atoms with Gasteiger partial charge in [-0.2, -0.15) is 0 Å². The third-order valence-corrected chi connectivity index (χ3v) is 4.54. The fourth-order valence-corrected chi connectivity index (χ4v) is 3.51. The lowest BCUT2D eigenvalue weighted by atomic mass is 10.2. The molecule has 1 N–H and O–H groups in total. The topological polar surface area (TPSA) is 28.2 Å². The average Bonchev–Trinajstić information content (AvgIpc) is 2.80. The molecule has 0 unspecified atom stereocenters. The summed E-state index contributed by atoms with van der Waals surface area (Å²) in [5.41, 5.74) is 3.75. The van der Waals surface area contributed by atoms with Crippen LogP contribution >= 0.6 is 23.7 Å². The second kappa shape index (κ2) is 7.66. The molecule has 0 atom stereocenters. The largest absolute Gasteiger partial charge is 0.383 e.